The lowest BCUT2D eigenvalue weighted by molar-refractivity contribution is -0.384. The lowest BCUT2D eigenvalue weighted by atomic mass is 10.0. The van der Waals surface area contributed by atoms with E-state index in [4.69, 9.17) is 9.47 Å². The van der Waals surface area contributed by atoms with Gasteiger partial charge in [-0.15, -0.1) is 0 Å². The molecule has 1 unspecified atom stereocenters. The van der Waals surface area contributed by atoms with E-state index in [1.807, 2.05) is 0 Å². The van der Waals surface area contributed by atoms with Crippen LogP contribution in [0.15, 0.2) is 18.2 Å². The molecule has 6 nitrogen and oxygen atoms in total. The maximum atomic E-state index is 10.8. The Hall–Kier alpha value is -1.66. The third kappa shape index (κ3) is 4.47. The van der Waals surface area contributed by atoms with Crippen LogP contribution in [0.25, 0.3) is 0 Å². The molecular weight excluding hydrogens is 260 g/mol. The van der Waals surface area contributed by atoms with Crippen molar-refractivity contribution in [2.24, 2.45) is 5.92 Å². The van der Waals surface area contributed by atoms with Crippen molar-refractivity contribution in [3.8, 4) is 5.75 Å². The summed E-state index contributed by atoms with van der Waals surface area (Å²) in [5.41, 5.74) is 0.832. The van der Waals surface area contributed by atoms with Gasteiger partial charge in [0.2, 0.25) is 0 Å². The largest absolute Gasteiger partial charge is 0.496 e. The molecular formula is C14H22N2O4. The molecule has 112 valence electrons. The summed E-state index contributed by atoms with van der Waals surface area (Å²) in [7, 11) is 3.21. The van der Waals surface area contributed by atoms with Crippen LogP contribution in [0.2, 0.25) is 0 Å². The van der Waals surface area contributed by atoms with Crippen LogP contribution in [0.4, 0.5) is 5.69 Å². The van der Waals surface area contributed by atoms with Gasteiger partial charge in [0.15, 0.2) is 0 Å². The smallest absolute Gasteiger partial charge is 0.270 e. The second kappa shape index (κ2) is 7.81. The molecule has 0 aromatic heterocycles. The first-order valence-electron chi connectivity index (χ1n) is 6.53. The Morgan fingerprint density at radius 3 is 2.55 bits per heavy atom. The highest BCUT2D eigenvalue weighted by molar-refractivity contribution is 5.43. The molecule has 0 saturated carbocycles. The molecule has 0 fully saturated rings. The Balaban J connectivity index is 2.83. The van der Waals surface area contributed by atoms with Crippen LogP contribution >= 0.6 is 0 Å². The van der Waals surface area contributed by atoms with Crippen LogP contribution in [-0.4, -0.2) is 31.8 Å². The van der Waals surface area contributed by atoms with Crippen LogP contribution in [-0.2, 0) is 11.3 Å². The number of non-ortho nitro benzene ring substituents is 1. The van der Waals surface area contributed by atoms with E-state index in [9.17, 15) is 10.1 Å². The summed E-state index contributed by atoms with van der Waals surface area (Å²) in [5, 5.41) is 14.2. The average Bonchev–Trinajstić information content (AvgIpc) is 2.42. The van der Waals surface area contributed by atoms with Gasteiger partial charge in [0.25, 0.3) is 5.69 Å². The Morgan fingerprint density at radius 1 is 1.35 bits per heavy atom. The number of rotatable bonds is 8. The summed E-state index contributed by atoms with van der Waals surface area (Å²) in [6.45, 7) is 5.29. The first-order chi connectivity index (χ1) is 9.49. The lowest BCUT2D eigenvalue weighted by Gasteiger charge is -2.22. The SMILES string of the molecule is COCC(NCc1cc([N+](=O)[O-])ccc1OC)C(C)C. The van der Waals surface area contributed by atoms with Crippen molar-refractivity contribution in [3.05, 3.63) is 33.9 Å². The Labute approximate surface area is 119 Å². The van der Waals surface area contributed by atoms with Gasteiger partial charge in [-0.1, -0.05) is 13.8 Å². The fraction of sp³-hybridized carbons (Fsp3) is 0.571. The Morgan fingerprint density at radius 2 is 2.05 bits per heavy atom. The van der Waals surface area contributed by atoms with E-state index in [2.05, 4.69) is 19.2 Å². The van der Waals surface area contributed by atoms with E-state index in [0.717, 1.165) is 5.56 Å². The minimum absolute atomic E-state index is 0.0652. The van der Waals surface area contributed by atoms with Crippen molar-refractivity contribution in [2.75, 3.05) is 20.8 Å². The number of hydrogen-bond donors (Lipinski definition) is 1. The summed E-state index contributed by atoms with van der Waals surface area (Å²) in [4.78, 5) is 10.4. The van der Waals surface area contributed by atoms with Crippen molar-refractivity contribution >= 4 is 5.69 Å². The molecule has 0 aliphatic heterocycles. The van der Waals surface area contributed by atoms with Crippen LogP contribution in [0.3, 0.4) is 0 Å². The van der Waals surface area contributed by atoms with E-state index < -0.39 is 4.92 Å². The van der Waals surface area contributed by atoms with Crippen molar-refractivity contribution < 1.29 is 14.4 Å². The fourth-order valence-electron chi connectivity index (χ4n) is 1.92. The van der Waals surface area contributed by atoms with Gasteiger partial charge in [-0.3, -0.25) is 10.1 Å². The molecule has 1 rings (SSSR count). The first kappa shape index (κ1) is 16.4. The van der Waals surface area contributed by atoms with E-state index in [0.29, 0.717) is 24.8 Å². The number of nitro benzene ring substituents is 1. The summed E-state index contributed by atoms with van der Waals surface area (Å²) < 4.78 is 10.4. The van der Waals surface area contributed by atoms with Gasteiger partial charge >= 0.3 is 0 Å². The molecule has 0 spiro atoms. The summed E-state index contributed by atoms with van der Waals surface area (Å²) >= 11 is 0. The Kier molecular flexibility index (Phi) is 6.41. The molecule has 0 saturated heterocycles. The number of ether oxygens (including phenoxy) is 2. The summed E-state index contributed by atoms with van der Waals surface area (Å²) in [6.07, 6.45) is 0. The molecule has 0 radical (unpaired) electrons. The van der Waals surface area contributed by atoms with E-state index >= 15 is 0 Å². The highest BCUT2D eigenvalue weighted by Gasteiger charge is 2.15. The molecule has 1 N–H and O–H groups in total. The van der Waals surface area contributed by atoms with Gasteiger partial charge in [-0.2, -0.15) is 0 Å². The van der Waals surface area contributed by atoms with Crippen molar-refractivity contribution in [1.29, 1.82) is 0 Å². The second-order valence-corrected chi connectivity index (χ2v) is 4.94. The average molecular weight is 282 g/mol. The highest BCUT2D eigenvalue weighted by Crippen LogP contribution is 2.24. The van der Waals surface area contributed by atoms with Gasteiger partial charge in [-0.05, 0) is 12.0 Å². The van der Waals surface area contributed by atoms with Crippen LogP contribution in [0.5, 0.6) is 5.75 Å². The monoisotopic (exact) mass is 282 g/mol. The van der Waals surface area contributed by atoms with E-state index in [-0.39, 0.29) is 11.7 Å². The first-order valence-corrected chi connectivity index (χ1v) is 6.53. The van der Waals surface area contributed by atoms with Gasteiger partial charge in [0.1, 0.15) is 5.75 Å². The zero-order chi connectivity index (χ0) is 15.1. The van der Waals surface area contributed by atoms with Gasteiger partial charge in [0.05, 0.1) is 18.6 Å². The normalized spacial score (nSPS) is 12.4. The van der Waals surface area contributed by atoms with Crippen LogP contribution < -0.4 is 10.1 Å². The maximum absolute atomic E-state index is 10.8. The maximum Gasteiger partial charge on any atom is 0.270 e. The molecule has 20 heavy (non-hydrogen) atoms. The minimum Gasteiger partial charge on any atom is -0.496 e. The number of nitrogens with one attached hydrogen (secondary N) is 1. The van der Waals surface area contributed by atoms with Gasteiger partial charge < -0.3 is 14.8 Å². The summed E-state index contributed by atoms with van der Waals surface area (Å²) in [5.74, 6) is 1.04. The number of nitro groups is 1. The van der Waals surface area contributed by atoms with Crippen molar-refractivity contribution in [1.82, 2.24) is 5.32 Å². The highest BCUT2D eigenvalue weighted by atomic mass is 16.6. The van der Waals surface area contributed by atoms with Gasteiger partial charge in [0, 0.05) is 37.4 Å². The van der Waals surface area contributed by atoms with Crippen LogP contribution in [0, 0.1) is 16.0 Å². The zero-order valence-corrected chi connectivity index (χ0v) is 12.4. The number of methoxy groups -OCH3 is 2. The lowest BCUT2D eigenvalue weighted by Crippen LogP contribution is -2.37. The summed E-state index contributed by atoms with van der Waals surface area (Å²) in [6, 6.07) is 4.78. The number of nitrogens with zero attached hydrogens (tertiary/aromatic N) is 1. The molecule has 1 atom stereocenters. The second-order valence-electron chi connectivity index (χ2n) is 4.94. The quantitative estimate of drug-likeness (QED) is 0.585. The molecule has 0 bridgehead atoms. The zero-order valence-electron chi connectivity index (χ0n) is 12.4. The molecule has 0 amide bonds. The minimum atomic E-state index is -0.405. The van der Waals surface area contributed by atoms with E-state index in [1.54, 1.807) is 20.3 Å². The van der Waals surface area contributed by atoms with Gasteiger partial charge in [-0.25, -0.2) is 0 Å². The van der Waals surface area contributed by atoms with E-state index in [1.165, 1.54) is 12.1 Å². The predicted molar refractivity (Wildman–Crippen MR) is 77.0 cm³/mol. The molecule has 0 aliphatic carbocycles. The molecule has 0 heterocycles. The Bertz CT molecular complexity index is 449. The standard InChI is InChI=1S/C14H22N2O4/c1-10(2)13(9-19-3)15-8-11-7-12(16(17)18)5-6-14(11)20-4/h5-7,10,13,15H,8-9H2,1-4H3. The predicted octanol–water partition coefficient (Wildman–Crippen LogP) is 2.36. The topological polar surface area (TPSA) is 73.6 Å². The third-order valence-corrected chi connectivity index (χ3v) is 3.18. The fourth-order valence-corrected chi connectivity index (χ4v) is 1.92. The molecule has 0 aliphatic rings. The van der Waals surface area contributed by atoms with Crippen LogP contribution in [0.1, 0.15) is 19.4 Å². The van der Waals surface area contributed by atoms with Crippen molar-refractivity contribution in [2.45, 2.75) is 26.4 Å². The molecule has 1 aromatic carbocycles. The molecule has 6 heteroatoms. The number of benzene rings is 1. The third-order valence-electron chi connectivity index (χ3n) is 3.18. The number of hydrogen-bond acceptors (Lipinski definition) is 5. The van der Waals surface area contributed by atoms with Crippen molar-refractivity contribution in [3.63, 3.8) is 0 Å². The molecule has 1 aromatic rings.